The van der Waals surface area contributed by atoms with Gasteiger partial charge in [-0.25, -0.2) is 9.18 Å². The molecule has 154 valence electrons. The Morgan fingerprint density at radius 3 is 2.23 bits per heavy atom. The van der Waals surface area contributed by atoms with Crippen LogP contribution < -0.4 is 14.8 Å². The van der Waals surface area contributed by atoms with Crippen LogP contribution in [-0.4, -0.2) is 26.1 Å². The maximum atomic E-state index is 13.1. The van der Waals surface area contributed by atoms with Crippen LogP contribution in [-0.2, 0) is 9.53 Å². The van der Waals surface area contributed by atoms with E-state index in [1.807, 2.05) is 0 Å². The van der Waals surface area contributed by atoms with Gasteiger partial charge in [-0.15, -0.1) is 0 Å². The molecule has 0 fully saturated rings. The van der Waals surface area contributed by atoms with Crippen molar-refractivity contribution in [2.75, 3.05) is 19.5 Å². The van der Waals surface area contributed by atoms with Crippen LogP contribution in [0.4, 0.5) is 10.1 Å². The number of ether oxygens (including phenoxy) is 3. The number of carbonyl (C=O) groups excluding carboxylic acids is 2. The average molecular weight is 409 g/mol. The minimum atomic E-state index is -1.24. The maximum Gasteiger partial charge on any atom is 0.343 e. The maximum absolute atomic E-state index is 13.1. The van der Waals surface area contributed by atoms with Gasteiger partial charge in [-0.1, -0.05) is 30.3 Å². The van der Waals surface area contributed by atoms with Crippen molar-refractivity contribution in [3.05, 3.63) is 89.7 Å². The Hall–Kier alpha value is -3.87. The summed E-state index contributed by atoms with van der Waals surface area (Å²) in [6.07, 6.45) is -1.24. The fourth-order valence-corrected chi connectivity index (χ4v) is 2.79. The Bertz CT molecular complexity index is 1020. The quantitative estimate of drug-likeness (QED) is 0.586. The number of benzene rings is 3. The molecule has 0 spiro atoms. The van der Waals surface area contributed by atoms with E-state index in [2.05, 4.69) is 5.32 Å². The van der Waals surface area contributed by atoms with Crippen LogP contribution >= 0.6 is 0 Å². The van der Waals surface area contributed by atoms with Crippen LogP contribution in [0.2, 0.25) is 0 Å². The number of nitrogens with one attached hydrogen (secondary N) is 1. The lowest BCUT2D eigenvalue weighted by molar-refractivity contribution is -0.125. The Morgan fingerprint density at radius 2 is 1.60 bits per heavy atom. The smallest absolute Gasteiger partial charge is 0.343 e. The Balaban J connectivity index is 1.89. The first-order valence-corrected chi connectivity index (χ1v) is 9.06. The summed E-state index contributed by atoms with van der Waals surface area (Å²) in [7, 11) is 2.90. The summed E-state index contributed by atoms with van der Waals surface area (Å²) in [5.74, 6) is -1.04. The molecule has 0 heterocycles. The molecule has 0 aliphatic carbocycles. The normalized spacial score (nSPS) is 11.3. The third-order valence-electron chi connectivity index (χ3n) is 4.30. The van der Waals surface area contributed by atoms with Gasteiger partial charge in [0.25, 0.3) is 5.91 Å². The molecule has 30 heavy (non-hydrogen) atoms. The number of methoxy groups -OCH3 is 2. The SMILES string of the molecule is COc1ccc(OC)c(C(=O)O[C@H](C(=O)Nc2ccc(F)cc2)c2ccccc2)c1. The Kier molecular flexibility index (Phi) is 6.64. The highest BCUT2D eigenvalue weighted by atomic mass is 19.1. The summed E-state index contributed by atoms with van der Waals surface area (Å²) in [6.45, 7) is 0. The van der Waals surface area contributed by atoms with Crippen LogP contribution in [0.15, 0.2) is 72.8 Å². The molecule has 3 aromatic rings. The first kappa shape index (κ1) is 20.9. The summed E-state index contributed by atoms with van der Waals surface area (Å²) in [4.78, 5) is 25.8. The first-order chi connectivity index (χ1) is 14.5. The number of hydrogen-bond donors (Lipinski definition) is 1. The lowest BCUT2D eigenvalue weighted by Gasteiger charge is -2.19. The van der Waals surface area contributed by atoms with Gasteiger partial charge in [-0.3, -0.25) is 4.79 Å². The topological polar surface area (TPSA) is 73.9 Å². The zero-order valence-electron chi connectivity index (χ0n) is 16.4. The third kappa shape index (κ3) is 4.94. The summed E-state index contributed by atoms with van der Waals surface area (Å²) in [5.41, 5.74) is 0.969. The number of halogens is 1. The van der Waals surface area contributed by atoms with Gasteiger partial charge in [0.1, 0.15) is 22.9 Å². The van der Waals surface area contributed by atoms with Gasteiger partial charge >= 0.3 is 5.97 Å². The lowest BCUT2D eigenvalue weighted by Crippen LogP contribution is -2.26. The molecule has 1 atom stereocenters. The molecule has 1 N–H and O–H groups in total. The minimum absolute atomic E-state index is 0.118. The van der Waals surface area contributed by atoms with Gasteiger partial charge < -0.3 is 19.5 Å². The van der Waals surface area contributed by atoms with Crippen molar-refractivity contribution < 1.29 is 28.2 Å². The van der Waals surface area contributed by atoms with Crippen LogP contribution in [0.3, 0.4) is 0 Å². The molecule has 6 nitrogen and oxygen atoms in total. The van der Waals surface area contributed by atoms with Crippen molar-refractivity contribution in [2.45, 2.75) is 6.10 Å². The summed E-state index contributed by atoms with van der Waals surface area (Å²) < 4.78 is 29.1. The Morgan fingerprint density at radius 1 is 0.900 bits per heavy atom. The predicted molar refractivity (Wildman–Crippen MR) is 109 cm³/mol. The molecule has 3 rings (SSSR count). The van der Waals surface area contributed by atoms with E-state index in [1.54, 1.807) is 42.5 Å². The van der Waals surface area contributed by atoms with E-state index >= 15 is 0 Å². The molecule has 0 aliphatic rings. The van der Waals surface area contributed by atoms with Crippen LogP contribution in [0, 0.1) is 5.82 Å². The van der Waals surface area contributed by atoms with E-state index in [-0.39, 0.29) is 11.3 Å². The molecule has 3 aromatic carbocycles. The van der Waals surface area contributed by atoms with Gasteiger partial charge in [-0.05, 0) is 42.5 Å². The largest absolute Gasteiger partial charge is 0.497 e. The van der Waals surface area contributed by atoms with Crippen molar-refractivity contribution in [1.29, 1.82) is 0 Å². The molecular weight excluding hydrogens is 389 g/mol. The third-order valence-corrected chi connectivity index (χ3v) is 4.30. The first-order valence-electron chi connectivity index (χ1n) is 9.06. The number of amides is 1. The van der Waals surface area contributed by atoms with E-state index in [0.717, 1.165) is 0 Å². The summed E-state index contributed by atoms with van der Waals surface area (Å²) >= 11 is 0. The molecule has 0 aliphatic heterocycles. The number of anilines is 1. The van der Waals surface area contributed by atoms with Crippen molar-refractivity contribution in [3.63, 3.8) is 0 Å². The molecule has 0 radical (unpaired) electrons. The number of rotatable bonds is 7. The summed E-state index contributed by atoms with van der Waals surface area (Å²) in [6, 6.07) is 18.6. The van der Waals surface area contributed by atoms with E-state index in [4.69, 9.17) is 14.2 Å². The van der Waals surface area contributed by atoms with Crippen LogP contribution in [0.1, 0.15) is 22.0 Å². The van der Waals surface area contributed by atoms with Gasteiger partial charge in [-0.2, -0.15) is 0 Å². The molecule has 0 saturated heterocycles. The van der Waals surface area contributed by atoms with Gasteiger partial charge in [0, 0.05) is 11.3 Å². The average Bonchev–Trinajstić information content (AvgIpc) is 2.78. The molecule has 0 saturated carbocycles. The van der Waals surface area contributed by atoms with Crippen molar-refractivity contribution >= 4 is 17.6 Å². The van der Waals surface area contributed by atoms with Crippen molar-refractivity contribution in [1.82, 2.24) is 0 Å². The van der Waals surface area contributed by atoms with Gasteiger partial charge in [0.05, 0.1) is 14.2 Å². The van der Waals surface area contributed by atoms with E-state index in [9.17, 15) is 14.0 Å². The summed E-state index contributed by atoms with van der Waals surface area (Å²) in [5, 5.41) is 2.64. The lowest BCUT2D eigenvalue weighted by atomic mass is 10.1. The molecule has 0 aromatic heterocycles. The van der Waals surface area contributed by atoms with Crippen LogP contribution in [0.25, 0.3) is 0 Å². The van der Waals surface area contributed by atoms with E-state index in [1.165, 1.54) is 44.6 Å². The molecule has 1 amide bonds. The zero-order chi connectivity index (χ0) is 21.5. The second-order valence-electron chi connectivity index (χ2n) is 6.26. The van der Waals surface area contributed by atoms with Gasteiger partial charge in [0.15, 0.2) is 0 Å². The van der Waals surface area contributed by atoms with Gasteiger partial charge in [0.2, 0.25) is 6.10 Å². The minimum Gasteiger partial charge on any atom is -0.497 e. The second-order valence-corrected chi connectivity index (χ2v) is 6.26. The standard InChI is InChI=1S/C23H20FNO5/c1-28-18-12-13-20(29-2)19(14-18)23(27)30-21(15-6-4-3-5-7-15)22(26)25-17-10-8-16(24)9-11-17/h3-14,21H,1-2H3,(H,25,26)/t21-/m0/s1. The van der Waals surface area contributed by atoms with E-state index < -0.39 is 23.8 Å². The predicted octanol–water partition coefficient (Wildman–Crippen LogP) is 4.38. The fourth-order valence-electron chi connectivity index (χ4n) is 2.79. The van der Waals surface area contributed by atoms with E-state index in [0.29, 0.717) is 17.0 Å². The highest BCUT2D eigenvalue weighted by molar-refractivity contribution is 5.99. The Labute approximate surface area is 173 Å². The second kappa shape index (κ2) is 9.56. The highest BCUT2D eigenvalue weighted by Crippen LogP contribution is 2.28. The molecule has 0 unspecified atom stereocenters. The fraction of sp³-hybridized carbons (Fsp3) is 0.130. The molecule has 7 heteroatoms. The molecule has 0 bridgehead atoms. The highest BCUT2D eigenvalue weighted by Gasteiger charge is 2.27. The number of carbonyl (C=O) groups is 2. The van der Waals surface area contributed by atoms with Crippen molar-refractivity contribution in [2.24, 2.45) is 0 Å². The monoisotopic (exact) mass is 409 g/mol. The zero-order valence-corrected chi connectivity index (χ0v) is 16.4. The number of hydrogen-bond acceptors (Lipinski definition) is 5. The number of esters is 1. The molecular formula is C23H20FNO5. The van der Waals surface area contributed by atoms with Crippen molar-refractivity contribution in [3.8, 4) is 11.5 Å². The van der Waals surface area contributed by atoms with Crippen LogP contribution in [0.5, 0.6) is 11.5 Å².